The molecule has 0 saturated heterocycles. The van der Waals surface area contributed by atoms with E-state index in [9.17, 15) is 27.2 Å². The zero-order valence-corrected chi connectivity index (χ0v) is 20.5. The highest BCUT2D eigenvalue weighted by Gasteiger charge is 2.43. The highest BCUT2D eigenvalue weighted by Crippen LogP contribution is 2.30. The van der Waals surface area contributed by atoms with Crippen molar-refractivity contribution in [3.8, 4) is 17.2 Å². The predicted octanol–water partition coefficient (Wildman–Crippen LogP) is 5.11. The van der Waals surface area contributed by atoms with Crippen LogP contribution in [0.25, 0.3) is 6.08 Å². The Labute approximate surface area is 220 Å². The normalized spacial score (nSPS) is 11.4. The average Bonchev–Trinajstić information content (AvgIpc) is 2.90. The molecule has 39 heavy (non-hydrogen) atoms. The van der Waals surface area contributed by atoms with E-state index in [1.165, 1.54) is 31.4 Å². The molecule has 3 aromatic rings. The standard InChI is InChI=1S/C27H24F4N2O6/c1-36-23-14-16(3-11-24(34)37-13-12-18-15-19(32)6-9-21(18)33)2-10-22(23)38-25(35)17-4-7-20(8-5-17)39-27(30,31)26(28)29/h2-11,14-15,26H,12-13,32-33H2,1H3/b11-3+. The number of nitrogen functional groups attached to an aromatic ring is 2. The van der Waals surface area contributed by atoms with E-state index >= 15 is 0 Å². The molecule has 0 amide bonds. The Morgan fingerprint density at radius 1 is 0.974 bits per heavy atom. The van der Waals surface area contributed by atoms with Crippen LogP contribution in [0.3, 0.4) is 0 Å². The molecule has 0 aliphatic rings. The summed E-state index contributed by atoms with van der Waals surface area (Å²) in [4.78, 5) is 24.5. The van der Waals surface area contributed by atoms with Gasteiger partial charge in [0.15, 0.2) is 11.5 Å². The first-order valence-corrected chi connectivity index (χ1v) is 11.3. The van der Waals surface area contributed by atoms with Crippen LogP contribution in [0, 0.1) is 0 Å². The third-order valence-electron chi connectivity index (χ3n) is 5.18. The van der Waals surface area contributed by atoms with Crippen molar-refractivity contribution in [2.45, 2.75) is 19.0 Å². The number of esters is 2. The van der Waals surface area contributed by atoms with Crippen LogP contribution in [-0.2, 0) is 16.0 Å². The zero-order chi connectivity index (χ0) is 28.6. The van der Waals surface area contributed by atoms with E-state index in [0.29, 0.717) is 23.4 Å². The Kier molecular flexibility index (Phi) is 9.37. The lowest BCUT2D eigenvalue weighted by Gasteiger charge is -2.16. The fourth-order valence-corrected chi connectivity index (χ4v) is 3.21. The van der Waals surface area contributed by atoms with Gasteiger partial charge in [-0.15, -0.1) is 0 Å². The van der Waals surface area contributed by atoms with Gasteiger partial charge in [-0.3, -0.25) is 0 Å². The number of rotatable bonds is 11. The molecule has 3 rings (SSSR count). The number of alkyl halides is 4. The fraction of sp³-hybridized carbons (Fsp3) is 0.185. The molecule has 0 atom stereocenters. The quantitative estimate of drug-likeness (QED) is 0.111. The third-order valence-corrected chi connectivity index (χ3v) is 5.18. The molecule has 0 saturated carbocycles. The summed E-state index contributed by atoms with van der Waals surface area (Å²) < 4.78 is 70.2. The first-order chi connectivity index (χ1) is 18.5. The molecule has 4 N–H and O–H groups in total. The number of hydrogen-bond acceptors (Lipinski definition) is 8. The highest BCUT2D eigenvalue weighted by atomic mass is 19.3. The minimum atomic E-state index is -4.67. The van der Waals surface area contributed by atoms with Crippen molar-refractivity contribution < 1.29 is 46.1 Å². The van der Waals surface area contributed by atoms with E-state index in [2.05, 4.69) is 4.74 Å². The molecule has 3 aromatic carbocycles. The molecule has 206 valence electrons. The summed E-state index contributed by atoms with van der Waals surface area (Å²) in [7, 11) is 1.34. The van der Waals surface area contributed by atoms with Gasteiger partial charge in [0.1, 0.15) is 5.75 Å². The maximum Gasteiger partial charge on any atom is 0.461 e. The van der Waals surface area contributed by atoms with Gasteiger partial charge in [-0.1, -0.05) is 6.07 Å². The van der Waals surface area contributed by atoms with Gasteiger partial charge in [0, 0.05) is 23.9 Å². The van der Waals surface area contributed by atoms with Crippen LogP contribution < -0.4 is 25.7 Å². The monoisotopic (exact) mass is 548 g/mol. The highest BCUT2D eigenvalue weighted by molar-refractivity contribution is 5.91. The van der Waals surface area contributed by atoms with E-state index in [1.54, 1.807) is 24.3 Å². The van der Waals surface area contributed by atoms with E-state index in [4.69, 9.17) is 25.7 Å². The van der Waals surface area contributed by atoms with Crippen molar-refractivity contribution in [1.82, 2.24) is 0 Å². The number of carbonyl (C=O) groups is 2. The molecular formula is C27H24F4N2O6. The van der Waals surface area contributed by atoms with Crippen molar-refractivity contribution in [3.05, 3.63) is 83.4 Å². The van der Waals surface area contributed by atoms with Crippen LogP contribution in [0.15, 0.2) is 66.7 Å². The smallest absolute Gasteiger partial charge is 0.461 e. The number of anilines is 2. The Balaban J connectivity index is 1.57. The summed E-state index contributed by atoms with van der Waals surface area (Å²) in [5.41, 5.74) is 13.9. The number of halogens is 4. The van der Waals surface area contributed by atoms with Crippen LogP contribution in [0.4, 0.5) is 28.9 Å². The first-order valence-electron chi connectivity index (χ1n) is 11.3. The SMILES string of the molecule is COc1cc(/C=C/C(=O)OCCc2cc(N)ccc2N)ccc1OC(=O)c1ccc(OC(F)(F)C(F)F)cc1. The van der Waals surface area contributed by atoms with Crippen LogP contribution in [0.1, 0.15) is 21.5 Å². The van der Waals surface area contributed by atoms with E-state index < -0.39 is 30.2 Å². The van der Waals surface area contributed by atoms with Crippen LogP contribution in [0.5, 0.6) is 17.2 Å². The molecule has 8 nitrogen and oxygen atoms in total. The van der Waals surface area contributed by atoms with Gasteiger partial charge in [0.2, 0.25) is 0 Å². The van der Waals surface area contributed by atoms with Crippen molar-refractivity contribution in [3.63, 3.8) is 0 Å². The largest absolute Gasteiger partial charge is 0.493 e. The second-order valence-electron chi connectivity index (χ2n) is 8.00. The lowest BCUT2D eigenvalue weighted by Crippen LogP contribution is -2.33. The van der Waals surface area contributed by atoms with Crippen molar-refractivity contribution >= 4 is 29.4 Å². The van der Waals surface area contributed by atoms with Crippen molar-refractivity contribution in [2.24, 2.45) is 0 Å². The summed E-state index contributed by atoms with van der Waals surface area (Å²) in [6, 6.07) is 13.6. The van der Waals surface area contributed by atoms with Gasteiger partial charge < -0.3 is 30.4 Å². The molecule has 0 heterocycles. The molecule has 0 aliphatic carbocycles. The average molecular weight is 548 g/mol. The van der Waals surface area contributed by atoms with Crippen molar-refractivity contribution in [2.75, 3.05) is 25.2 Å². The topological polar surface area (TPSA) is 123 Å². The number of carbonyl (C=O) groups excluding carboxylic acids is 2. The van der Waals surface area contributed by atoms with Crippen LogP contribution >= 0.6 is 0 Å². The Hall–Kier alpha value is -4.74. The van der Waals surface area contributed by atoms with Gasteiger partial charge in [-0.05, 0) is 71.8 Å². The second kappa shape index (κ2) is 12.7. The maximum absolute atomic E-state index is 13.0. The number of nitrogens with two attached hydrogens (primary N) is 2. The number of ether oxygens (including phenoxy) is 4. The molecule has 0 spiro atoms. The molecule has 0 unspecified atom stereocenters. The van der Waals surface area contributed by atoms with Gasteiger partial charge in [0.05, 0.1) is 19.3 Å². The van der Waals surface area contributed by atoms with E-state index in [-0.39, 0.29) is 23.7 Å². The van der Waals surface area contributed by atoms with Gasteiger partial charge in [-0.2, -0.15) is 17.6 Å². The third kappa shape index (κ3) is 8.12. The number of hydrogen-bond donors (Lipinski definition) is 2. The molecule has 12 heteroatoms. The summed E-state index contributed by atoms with van der Waals surface area (Å²) in [5, 5.41) is 0. The van der Waals surface area contributed by atoms with Gasteiger partial charge in [0.25, 0.3) is 0 Å². The first kappa shape index (κ1) is 28.8. The summed E-state index contributed by atoms with van der Waals surface area (Å²) in [5.74, 6) is -1.82. The van der Waals surface area contributed by atoms with Crippen LogP contribution in [-0.4, -0.2) is 38.2 Å². The lowest BCUT2D eigenvalue weighted by molar-refractivity contribution is -0.253. The molecule has 0 bridgehead atoms. The maximum atomic E-state index is 13.0. The Morgan fingerprint density at radius 2 is 1.69 bits per heavy atom. The van der Waals surface area contributed by atoms with Gasteiger partial charge in [-0.25, -0.2) is 9.59 Å². The molecule has 0 radical (unpaired) electrons. The van der Waals surface area contributed by atoms with E-state index in [1.807, 2.05) is 0 Å². The minimum Gasteiger partial charge on any atom is -0.493 e. The number of methoxy groups -OCH3 is 1. The summed E-state index contributed by atoms with van der Waals surface area (Å²) in [6.45, 7) is 0.0940. The minimum absolute atomic E-state index is 0.0338. The zero-order valence-electron chi connectivity index (χ0n) is 20.5. The van der Waals surface area contributed by atoms with Crippen LogP contribution in [0.2, 0.25) is 0 Å². The Morgan fingerprint density at radius 3 is 2.36 bits per heavy atom. The lowest BCUT2D eigenvalue weighted by atomic mass is 10.1. The molecule has 0 aromatic heterocycles. The van der Waals surface area contributed by atoms with Crippen molar-refractivity contribution in [1.29, 1.82) is 0 Å². The fourth-order valence-electron chi connectivity index (χ4n) is 3.21. The predicted molar refractivity (Wildman–Crippen MR) is 135 cm³/mol. The summed E-state index contributed by atoms with van der Waals surface area (Å²) >= 11 is 0. The molecule has 0 fully saturated rings. The Bertz CT molecular complexity index is 1350. The number of benzene rings is 3. The molecular weight excluding hydrogens is 524 g/mol. The second-order valence-corrected chi connectivity index (χ2v) is 8.00. The van der Waals surface area contributed by atoms with E-state index in [0.717, 1.165) is 29.8 Å². The van der Waals surface area contributed by atoms with Gasteiger partial charge >= 0.3 is 24.5 Å². The molecule has 0 aliphatic heterocycles. The summed E-state index contributed by atoms with van der Waals surface area (Å²) in [6.07, 6.45) is -5.61.